The Morgan fingerprint density at radius 3 is 0.746 bits per heavy atom. The third-order valence-electron chi connectivity index (χ3n) is 14.9. The highest BCUT2D eigenvalue weighted by Gasteiger charge is 2.15. The maximum Gasteiger partial charge on any atom is 0.184 e. The predicted octanol–water partition coefficient (Wildman–Crippen LogP) is 22.0. The van der Waals surface area contributed by atoms with Crippen molar-refractivity contribution in [3.8, 4) is 0 Å². The van der Waals surface area contributed by atoms with E-state index in [1.807, 2.05) is 0 Å². The van der Waals surface area contributed by atoms with Crippen molar-refractivity contribution >= 4 is 0 Å². The molecule has 0 aliphatic carbocycles. The number of nitrogens with zero attached hydrogens (tertiary/aromatic N) is 1. The van der Waals surface area contributed by atoms with Crippen LogP contribution in [0.3, 0.4) is 0 Å². The van der Waals surface area contributed by atoms with Crippen LogP contribution in [-0.2, 0) is 19.4 Å². The quantitative estimate of drug-likeness (QED) is 0.0453. The maximum atomic E-state index is 2.71. The lowest BCUT2D eigenvalue weighted by atomic mass is 9.99. The summed E-state index contributed by atoms with van der Waals surface area (Å²) in [5.74, 6) is 0. The molecular formula is C62H120N+. The smallest absolute Gasteiger partial charge is 0.184 e. The molecule has 0 bridgehead atoms. The van der Waals surface area contributed by atoms with Crippen molar-refractivity contribution in [1.29, 1.82) is 0 Å². The van der Waals surface area contributed by atoms with Crippen molar-refractivity contribution in [3.63, 3.8) is 0 Å². The highest BCUT2D eigenvalue weighted by atomic mass is 15.0. The van der Waals surface area contributed by atoms with Gasteiger partial charge in [0.1, 0.15) is 6.54 Å². The summed E-state index contributed by atoms with van der Waals surface area (Å²) in [6.07, 6.45) is 79.2. The highest BCUT2D eigenvalue weighted by molar-refractivity contribution is 5.16. The van der Waals surface area contributed by atoms with Crippen molar-refractivity contribution in [3.05, 3.63) is 29.6 Å². The number of aromatic nitrogens is 1. The van der Waals surface area contributed by atoms with Gasteiger partial charge in [-0.1, -0.05) is 323 Å². The van der Waals surface area contributed by atoms with Crippen LogP contribution < -0.4 is 4.57 Å². The van der Waals surface area contributed by atoms with Gasteiger partial charge in [-0.15, -0.1) is 0 Å². The van der Waals surface area contributed by atoms with E-state index in [9.17, 15) is 0 Å². The number of rotatable bonds is 54. The van der Waals surface area contributed by atoms with Crippen molar-refractivity contribution < 1.29 is 4.57 Å². The zero-order valence-electron chi connectivity index (χ0n) is 44.4. The second-order valence-corrected chi connectivity index (χ2v) is 21.1. The predicted molar refractivity (Wildman–Crippen MR) is 287 cm³/mol. The average Bonchev–Trinajstić information content (AvgIpc) is 3.30. The highest BCUT2D eigenvalue weighted by Crippen LogP contribution is 2.20. The van der Waals surface area contributed by atoms with Gasteiger partial charge in [-0.05, 0) is 31.7 Å². The topological polar surface area (TPSA) is 3.88 Å². The van der Waals surface area contributed by atoms with Gasteiger partial charge in [0, 0.05) is 24.5 Å². The van der Waals surface area contributed by atoms with E-state index in [1.54, 1.807) is 11.3 Å². The Bertz CT molecular complexity index is 925. The van der Waals surface area contributed by atoms with Crippen LogP contribution in [0.1, 0.15) is 359 Å². The number of aryl methyl sites for hydroxylation is 2. The van der Waals surface area contributed by atoms with E-state index in [4.69, 9.17) is 0 Å². The SMILES string of the molecule is CCCCCCCCCCCCCCCCCCCc1ccc[n+](CCCCCCCCCCCCCCCCCCC)c1CCCCCCCCCCCCCCCCCCC. The van der Waals surface area contributed by atoms with Crippen LogP contribution in [0, 0.1) is 0 Å². The molecule has 0 aromatic carbocycles. The molecule has 0 aliphatic heterocycles. The third-order valence-corrected chi connectivity index (χ3v) is 14.9. The molecule has 0 fully saturated rings. The Kier molecular flexibility index (Phi) is 49.8. The van der Waals surface area contributed by atoms with Crippen LogP contribution in [0.25, 0.3) is 0 Å². The Balaban J connectivity index is 2.29. The fraction of sp³-hybridized carbons (Fsp3) is 0.919. The van der Waals surface area contributed by atoms with Gasteiger partial charge in [-0.2, -0.15) is 0 Å². The van der Waals surface area contributed by atoms with E-state index in [-0.39, 0.29) is 0 Å². The van der Waals surface area contributed by atoms with Crippen LogP contribution in [0.5, 0.6) is 0 Å². The number of hydrogen-bond donors (Lipinski definition) is 0. The molecule has 1 rings (SSSR count). The molecule has 0 aliphatic rings. The fourth-order valence-electron chi connectivity index (χ4n) is 10.4. The van der Waals surface area contributed by atoms with E-state index in [2.05, 4.69) is 43.7 Å². The van der Waals surface area contributed by atoms with Crippen LogP contribution in [0.15, 0.2) is 18.3 Å². The molecule has 1 heteroatoms. The molecule has 1 aromatic heterocycles. The fourth-order valence-corrected chi connectivity index (χ4v) is 10.4. The number of unbranched alkanes of at least 4 members (excludes halogenated alkanes) is 48. The van der Waals surface area contributed by atoms with Gasteiger partial charge < -0.3 is 0 Å². The first kappa shape index (κ1) is 60.2. The van der Waals surface area contributed by atoms with Gasteiger partial charge >= 0.3 is 0 Å². The molecule has 0 saturated heterocycles. The van der Waals surface area contributed by atoms with Gasteiger partial charge in [0.15, 0.2) is 11.9 Å². The Morgan fingerprint density at radius 1 is 0.254 bits per heavy atom. The van der Waals surface area contributed by atoms with E-state index >= 15 is 0 Å². The molecule has 63 heavy (non-hydrogen) atoms. The Morgan fingerprint density at radius 2 is 0.476 bits per heavy atom. The molecule has 1 aromatic rings. The summed E-state index contributed by atoms with van der Waals surface area (Å²) in [7, 11) is 0. The zero-order valence-corrected chi connectivity index (χ0v) is 44.4. The van der Waals surface area contributed by atoms with E-state index in [1.165, 1.54) is 347 Å². The summed E-state index contributed by atoms with van der Waals surface area (Å²) >= 11 is 0. The monoisotopic (exact) mass is 879 g/mol. The van der Waals surface area contributed by atoms with Crippen molar-refractivity contribution in [2.45, 2.75) is 368 Å². The maximum absolute atomic E-state index is 2.71. The van der Waals surface area contributed by atoms with E-state index in [0.717, 1.165) is 0 Å². The molecular weight excluding hydrogens is 759 g/mol. The lowest BCUT2D eigenvalue weighted by Gasteiger charge is -2.11. The lowest BCUT2D eigenvalue weighted by Crippen LogP contribution is -2.39. The van der Waals surface area contributed by atoms with Crippen LogP contribution in [0.4, 0.5) is 0 Å². The number of pyridine rings is 1. The minimum Gasteiger partial charge on any atom is -0.202 e. The van der Waals surface area contributed by atoms with Gasteiger partial charge in [0.2, 0.25) is 0 Å². The van der Waals surface area contributed by atoms with E-state index in [0.29, 0.717) is 0 Å². The van der Waals surface area contributed by atoms with Crippen LogP contribution in [0.2, 0.25) is 0 Å². The normalized spacial score (nSPS) is 11.7. The third kappa shape index (κ3) is 43.5. The molecule has 1 nitrogen and oxygen atoms in total. The largest absolute Gasteiger partial charge is 0.202 e. The second kappa shape index (κ2) is 52.1. The molecule has 372 valence electrons. The molecule has 1 heterocycles. The lowest BCUT2D eigenvalue weighted by molar-refractivity contribution is -0.705. The molecule has 0 N–H and O–H groups in total. The molecule has 0 spiro atoms. The van der Waals surface area contributed by atoms with Crippen LogP contribution >= 0.6 is 0 Å². The molecule has 0 saturated carbocycles. The summed E-state index contributed by atoms with van der Waals surface area (Å²) in [5.41, 5.74) is 3.38. The van der Waals surface area contributed by atoms with Crippen LogP contribution in [-0.4, -0.2) is 0 Å². The summed E-state index contributed by atoms with van der Waals surface area (Å²) < 4.78 is 2.71. The van der Waals surface area contributed by atoms with Crippen molar-refractivity contribution in [2.24, 2.45) is 0 Å². The number of hydrogen-bond acceptors (Lipinski definition) is 0. The first-order valence-corrected chi connectivity index (χ1v) is 30.3. The first-order valence-electron chi connectivity index (χ1n) is 30.3. The zero-order chi connectivity index (χ0) is 45.0. The Hall–Kier alpha value is -0.850. The van der Waals surface area contributed by atoms with Gasteiger partial charge in [0.05, 0.1) is 0 Å². The standard InChI is InChI=1S/C62H120N/c1-4-7-10-13-16-19-22-25-28-31-34-37-40-43-46-49-52-56-61-57-55-60-63(59-54-51-48-45-42-39-36-33-30-27-24-21-18-15-12-9-6-3)62(61)58-53-50-47-44-41-38-35-32-29-26-23-20-17-14-11-8-5-2/h55,57,60H,4-54,56,58-59H2,1-3H3/q+1. The molecule has 0 unspecified atom stereocenters. The molecule has 0 atom stereocenters. The van der Waals surface area contributed by atoms with Gasteiger partial charge in [0.25, 0.3) is 0 Å². The van der Waals surface area contributed by atoms with Crippen molar-refractivity contribution in [2.75, 3.05) is 0 Å². The van der Waals surface area contributed by atoms with Gasteiger partial charge in [-0.25, -0.2) is 4.57 Å². The molecule has 0 radical (unpaired) electrons. The minimum absolute atomic E-state index is 1.24. The first-order chi connectivity index (χ1) is 31.3. The minimum atomic E-state index is 1.24. The van der Waals surface area contributed by atoms with Crippen molar-refractivity contribution in [1.82, 2.24) is 0 Å². The summed E-state index contributed by atoms with van der Waals surface area (Å²) in [5, 5.41) is 0. The van der Waals surface area contributed by atoms with Gasteiger partial charge in [-0.3, -0.25) is 0 Å². The average molecular weight is 880 g/mol. The summed E-state index contributed by atoms with van der Waals surface area (Å²) in [4.78, 5) is 0. The second-order valence-electron chi connectivity index (χ2n) is 21.1. The summed E-state index contributed by atoms with van der Waals surface area (Å²) in [6.45, 7) is 8.19. The molecule has 0 amide bonds. The van der Waals surface area contributed by atoms with E-state index < -0.39 is 0 Å². The summed E-state index contributed by atoms with van der Waals surface area (Å²) in [6, 6.07) is 4.88. The Labute approximate surface area is 400 Å².